The quantitative estimate of drug-likeness (QED) is 0.495. The first-order valence-electron chi connectivity index (χ1n) is 4.87. The zero-order valence-electron chi connectivity index (χ0n) is 9.31. The monoisotopic (exact) mass is 247 g/mol. The Bertz CT molecular complexity index is 181. The molecule has 0 aromatic heterocycles. The molecular weight excluding hydrogens is 230 g/mol. The van der Waals surface area contributed by atoms with Crippen molar-refractivity contribution in [3.8, 4) is 0 Å². The molecular formula is C9H17F4NO2. The van der Waals surface area contributed by atoms with E-state index in [9.17, 15) is 17.6 Å². The third-order valence-corrected chi connectivity index (χ3v) is 1.79. The van der Waals surface area contributed by atoms with Crippen molar-refractivity contribution in [3.05, 3.63) is 0 Å². The lowest BCUT2D eigenvalue weighted by Crippen LogP contribution is -2.37. The highest BCUT2D eigenvalue weighted by atomic mass is 19.3. The lowest BCUT2D eigenvalue weighted by atomic mass is 10.3. The second kappa shape index (κ2) is 7.81. The van der Waals surface area contributed by atoms with Crippen molar-refractivity contribution in [2.75, 3.05) is 33.4 Å². The van der Waals surface area contributed by atoms with E-state index in [0.29, 0.717) is 19.7 Å². The SMILES string of the molecule is COCCNCC(C)OCC(F)(F)C(F)F. The molecule has 0 saturated carbocycles. The highest BCUT2D eigenvalue weighted by molar-refractivity contribution is 4.69. The Balaban J connectivity index is 3.60. The molecule has 0 rings (SSSR count). The summed E-state index contributed by atoms with van der Waals surface area (Å²) in [6.45, 7) is 1.61. The zero-order chi connectivity index (χ0) is 12.6. The van der Waals surface area contributed by atoms with E-state index in [2.05, 4.69) is 10.1 Å². The van der Waals surface area contributed by atoms with Gasteiger partial charge in [-0.3, -0.25) is 0 Å². The number of halogens is 4. The number of hydrogen-bond acceptors (Lipinski definition) is 3. The van der Waals surface area contributed by atoms with Gasteiger partial charge in [-0.15, -0.1) is 0 Å². The van der Waals surface area contributed by atoms with Crippen LogP contribution in [-0.4, -0.2) is 51.9 Å². The highest BCUT2D eigenvalue weighted by Crippen LogP contribution is 2.23. The van der Waals surface area contributed by atoms with Crippen LogP contribution in [0.25, 0.3) is 0 Å². The average molecular weight is 247 g/mol. The van der Waals surface area contributed by atoms with E-state index >= 15 is 0 Å². The lowest BCUT2D eigenvalue weighted by Gasteiger charge is -2.19. The molecule has 0 fully saturated rings. The molecule has 0 aromatic carbocycles. The second-order valence-corrected chi connectivity index (χ2v) is 3.38. The third kappa shape index (κ3) is 6.97. The molecule has 7 heteroatoms. The number of hydrogen-bond donors (Lipinski definition) is 1. The molecule has 1 atom stereocenters. The van der Waals surface area contributed by atoms with E-state index in [1.807, 2.05) is 0 Å². The number of alkyl halides is 4. The van der Waals surface area contributed by atoms with Crippen molar-refractivity contribution in [2.24, 2.45) is 0 Å². The largest absolute Gasteiger partial charge is 0.383 e. The molecule has 0 heterocycles. The minimum atomic E-state index is -4.08. The Morgan fingerprint density at radius 2 is 1.94 bits per heavy atom. The van der Waals surface area contributed by atoms with Gasteiger partial charge < -0.3 is 14.8 Å². The van der Waals surface area contributed by atoms with Crippen LogP contribution in [-0.2, 0) is 9.47 Å². The molecule has 0 amide bonds. The predicted molar refractivity (Wildman–Crippen MR) is 51.1 cm³/mol. The van der Waals surface area contributed by atoms with Gasteiger partial charge in [-0.2, -0.15) is 8.78 Å². The Morgan fingerprint density at radius 3 is 2.44 bits per heavy atom. The molecule has 0 radical (unpaired) electrons. The first-order valence-corrected chi connectivity index (χ1v) is 4.87. The van der Waals surface area contributed by atoms with Crippen molar-refractivity contribution in [1.82, 2.24) is 5.32 Å². The van der Waals surface area contributed by atoms with E-state index in [4.69, 9.17) is 4.74 Å². The molecule has 0 aromatic rings. The smallest absolute Gasteiger partial charge is 0.330 e. The lowest BCUT2D eigenvalue weighted by molar-refractivity contribution is -0.174. The molecule has 0 saturated heterocycles. The van der Waals surface area contributed by atoms with Gasteiger partial charge in [-0.05, 0) is 6.92 Å². The van der Waals surface area contributed by atoms with Crippen LogP contribution in [0.2, 0.25) is 0 Å². The zero-order valence-corrected chi connectivity index (χ0v) is 9.31. The molecule has 0 aliphatic rings. The van der Waals surface area contributed by atoms with Crippen molar-refractivity contribution in [3.63, 3.8) is 0 Å². The maximum absolute atomic E-state index is 12.4. The van der Waals surface area contributed by atoms with Gasteiger partial charge in [0, 0.05) is 20.2 Å². The summed E-state index contributed by atoms with van der Waals surface area (Å²) >= 11 is 0. The molecule has 0 aliphatic carbocycles. The van der Waals surface area contributed by atoms with Crippen LogP contribution < -0.4 is 5.32 Å². The van der Waals surface area contributed by atoms with Gasteiger partial charge in [0.05, 0.1) is 12.7 Å². The molecule has 1 unspecified atom stereocenters. The summed E-state index contributed by atoms with van der Waals surface area (Å²) in [5, 5.41) is 2.87. The average Bonchev–Trinajstić information content (AvgIpc) is 2.21. The molecule has 0 spiro atoms. The third-order valence-electron chi connectivity index (χ3n) is 1.79. The summed E-state index contributed by atoms with van der Waals surface area (Å²) in [6, 6.07) is 0. The minimum absolute atomic E-state index is 0.308. The summed E-state index contributed by atoms with van der Waals surface area (Å²) in [7, 11) is 1.53. The van der Waals surface area contributed by atoms with Gasteiger partial charge >= 0.3 is 12.3 Å². The van der Waals surface area contributed by atoms with E-state index in [1.54, 1.807) is 0 Å². The van der Waals surface area contributed by atoms with Crippen LogP contribution >= 0.6 is 0 Å². The second-order valence-electron chi connectivity index (χ2n) is 3.38. The Hall–Kier alpha value is -0.400. The van der Waals surface area contributed by atoms with Crippen molar-refractivity contribution in [1.29, 1.82) is 0 Å². The van der Waals surface area contributed by atoms with Gasteiger partial charge in [0.2, 0.25) is 0 Å². The van der Waals surface area contributed by atoms with Crippen LogP contribution in [0.3, 0.4) is 0 Å². The maximum Gasteiger partial charge on any atom is 0.330 e. The molecule has 16 heavy (non-hydrogen) atoms. The summed E-state index contributed by atoms with van der Waals surface area (Å²) in [5.41, 5.74) is 0. The summed E-state index contributed by atoms with van der Waals surface area (Å²) in [4.78, 5) is 0. The van der Waals surface area contributed by atoms with Gasteiger partial charge in [-0.1, -0.05) is 0 Å². The summed E-state index contributed by atoms with van der Waals surface area (Å²) in [5.74, 6) is -4.08. The molecule has 1 N–H and O–H groups in total. The number of rotatable bonds is 9. The standard InChI is InChI=1S/C9H17F4NO2/c1-7(5-14-3-4-15-2)16-6-9(12,13)8(10)11/h7-8,14H,3-6H2,1-2H3. The summed E-state index contributed by atoms with van der Waals surface area (Å²) in [6.07, 6.45) is -4.25. The Kier molecular flexibility index (Phi) is 7.61. The fourth-order valence-electron chi connectivity index (χ4n) is 0.855. The molecule has 3 nitrogen and oxygen atoms in total. The van der Waals surface area contributed by atoms with Gasteiger partial charge in [0.1, 0.15) is 6.61 Å². The molecule has 0 bridgehead atoms. The molecule has 98 valence electrons. The summed E-state index contributed by atoms with van der Waals surface area (Å²) < 4.78 is 57.7. The van der Waals surface area contributed by atoms with Crippen LogP contribution in [0.1, 0.15) is 6.92 Å². The van der Waals surface area contributed by atoms with Crippen molar-refractivity contribution >= 4 is 0 Å². The number of nitrogens with one attached hydrogen (secondary N) is 1. The van der Waals surface area contributed by atoms with Gasteiger partial charge in [0.25, 0.3) is 0 Å². The first kappa shape index (κ1) is 15.6. The van der Waals surface area contributed by atoms with Crippen molar-refractivity contribution in [2.45, 2.75) is 25.4 Å². The van der Waals surface area contributed by atoms with E-state index in [-0.39, 0.29) is 0 Å². The van der Waals surface area contributed by atoms with Gasteiger partial charge in [0.15, 0.2) is 0 Å². The van der Waals surface area contributed by atoms with E-state index in [0.717, 1.165) is 0 Å². The normalized spacial score (nSPS) is 14.4. The fourth-order valence-corrected chi connectivity index (χ4v) is 0.855. The highest BCUT2D eigenvalue weighted by Gasteiger charge is 2.41. The predicted octanol–water partition coefficient (Wildman–Crippen LogP) is 1.53. The van der Waals surface area contributed by atoms with Crippen LogP contribution in [0.5, 0.6) is 0 Å². The van der Waals surface area contributed by atoms with Crippen LogP contribution in [0, 0.1) is 0 Å². The Labute approximate surface area is 92.1 Å². The number of ether oxygens (including phenoxy) is 2. The maximum atomic E-state index is 12.4. The van der Waals surface area contributed by atoms with Crippen LogP contribution in [0.4, 0.5) is 17.6 Å². The minimum Gasteiger partial charge on any atom is -0.383 e. The van der Waals surface area contributed by atoms with E-state index < -0.39 is 25.1 Å². The van der Waals surface area contributed by atoms with Gasteiger partial charge in [-0.25, -0.2) is 8.78 Å². The first-order chi connectivity index (χ1) is 7.40. The molecule has 0 aliphatic heterocycles. The number of methoxy groups -OCH3 is 1. The topological polar surface area (TPSA) is 30.5 Å². The van der Waals surface area contributed by atoms with Crippen LogP contribution in [0.15, 0.2) is 0 Å². The Morgan fingerprint density at radius 1 is 1.31 bits per heavy atom. The van der Waals surface area contributed by atoms with E-state index in [1.165, 1.54) is 14.0 Å². The van der Waals surface area contributed by atoms with Crippen molar-refractivity contribution < 1.29 is 27.0 Å². The fraction of sp³-hybridized carbons (Fsp3) is 1.00.